The van der Waals surface area contributed by atoms with Gasteiger partial charge in [0.15, 0.2) is 0 Å². The summed E-state index contributed by atoms with van der Waals surface area (Å²) in [5.74, 6) is 0.0354. The van der Waals surface area contributed by atoms with Crippen LogP contribution in [0, 0.1) is 0 Å². The van der Waals surface area contributed by atoms with Gasteiger partial charge in [-0.3, -0.25) is 4.79 Å². The molecule has 0 saturated heterocycles. The maximum Gasteiger partial charge on any atom is 0.231 e. The van der Waals surface area contributed by atoms with Gasteiger partial charge in [-0.1, -0.05) is 35.0 Å². The Morgan fingerprint density at radius 2 is 2.00 bits per heavy atom. The van der Waals surface area contributed by atoms with E-state index < -0.39 is 5.54 Å². The van der Waals surface area contributed by atoms with E-state index in [1.807, 2.05) is 38.1 Å². The summed E-state index contributed by atoms with van der Waals surface area (Å²) in [5.41, 5.74) is 0.151. The van der Waals surface area contributed by atoms with Crippen molar-refractivity contribution >= 4 is 21.8 Å². The first-order valence-corrected chi connectivity index (χ1v) is 7.45. The molecule has 1 aromatic rings. The normalized spacial score (nSPS) is 19.6. The number of aliphatic hydroxyl groups is 1. The summed E-state index contributed by atoms with van der Waals surface area (Å²) in [6, 6.07) is 7.93. The van der Waals surface area contributed by atoms with Gasteiger partial charge in [0.2, 0.25) is 5.91 Å². The van der Waals surface area contributed by atoms with E-state index in [0.29, 0.717) is 6.42 Å². The molecule has 1 aromatic carbocycles. The lowest BCUT2D eigenvalue weighted by atomic mass is 9.92. The van der Waals surface area contributed by atoms with Crippen molar-refractivity contribution < 1.29 is 9.90 Å². The molecule has 3 nitrogen and oxygen atoms in total. The summed E-state index contributed by atoms with van der Waals surface area (Å²) in [6.07, 6.45) is 2.48. The van der Waals surface area contributed by atoms with Crippen LogP contribution in [0.3, 0.4) is 0 Å². The third kappa shape index (κ3) is 2.84. The third-order valence-electron chi connectivity index (χ3n) is 4.13. The number of halogens is 1. The highest BCUT2D eigenvalue weighted by Gasteiger charge is 2.52. The number of aliphatic hydroxyl groups excluding tert-OH is 1. The Morgan fingerprint density at radius 3 is 2.42 bits per heavy atom. The zero-order valence-corrected chi connectivity index (χ0v) is 13.0. The number of rotatable bonds is 5. The molecule has 0 aromatic heterocycles. The highest BCUT2D eigenvalue weighted by atomic mass is 79.9. The first-order chi connectivity index (χ1) is 8.96. The van der Waals surface area contributed by atoms with E-state index >= 15 is 0 Å². The smallest absolute Gasteiger partial charge is 0.231 e. The molecule has 1 aliphatic rings. The second-order valence-corrected chi connectivity index (χ2v) is 6.53. The number of carbonyl (C=O) groups is 1. The van der Waals surface area contributed by atoms with E-state index in [2.05, 4.69) is 21.2 Å². The molecule has 0 aliphatic heterocycles. The Kier molecular flexibility index (Phi) is 4.02. The minimum Gasteiger partial charge on any atom is -0.394 e. The van der Waals surface area contributed by atoms with Gasteiger partial charge in [-0.25, -0.2) is 0 Å². The fraction of sp³-hybridized carbons (Fsp3) is 0.533. The Balaban J connectivity index is 2.17. The molecule has 1 atom stereocenters. The standard InChI is InChI=1S/C15H20BrNO2/c1-3-14(2,10-18)17-13(19)15(8-9-15)11-4-6-12(16)7-5-11/h4-7,18H,3,8-10H2,1-2H3,(H,17,19). The van der Waals surface area contributed by atoms with Crippen molar-refractivity contribution in [1.29, 1.82) is 0 Å². The van der Waals surface area contributed by atoms with E-state index in [1.54, 1.807) is 0 Å². The van der Waals surface area contributed by atoms with Crippen LogP contribution in [0.1, 0.15) is 38.7 Å². The lowest BCUT2D eigenvalue weighted by Gasteiger charge is -2.30. The zero-order chi connectivity index (χ0) is 14.1. The number of nitrogens with one attached hydrogen (secondary N) is 1. The molecule has 2 rings (SSSR count). The molecule has 4 heteroatoms. The van der Waals surface area contributed by atoms with E-state index in [9.17, 15) is 9.90 Å². The molecule has 1 fully saturated rings. The van der Waals surface area contributed by atoms with Crippen LogP contribution in [-0.4, -0.2) is 23.2 Å². The quantitative estimate of drug-likeness (QED) is 0.874. The van der Waals surface area contributed by atoms with Gasteiger partial charge in [0.25, 0.3) is 0 Å². The van der Waals surface area contributed by atoms with Gasteiger partial charge in [0, 0.05) is 4.47 Å². The number of hydrogen-bond donors (Lipinski definition) is 2. The van der Waals surface area contributed by atoms with Crippen LogP contribution < -0.4 is 5.32 Å². The molecular weight excluding hydrogens is 306 g/mol. The van der Waals surface area contributed by atoms with Crippen molar-refractivity contribution in [2.45, 2.75) is 44.1 Å². The van der Waals surface area contributed by atoms with Gasteiger partial charge >= 0.3 is 0 Å². The maximum atomic E-state index is 12.5. The second kappa shape index (κ2) is 5.25. The fourth-order valence-corrected chi connectivity index (χ4v) is 2.44. The molecule has 1 saturated carbocycles. The summed E-state index contributed by atoms with van der Waals surface area (Å²) in [5, 5.41) is 12.4. The zero-order valence-electron chi connectivity index (χ0n) is 11.4. The molecule has 0 heterocycles. The van der Waals surface area contributed by atoms with Crippen LogP contribution in [0.4, 0.5) is 0 Å². The Morgan fingerprint density at radius 1 is 1.42 bits per heavy atom. The van der Waals surface area contributed by atoms with E-state index in [0.717, 1.165) is 22.9 Å². The molecule has 1 unspecified atom stereocenters. The molecular formula is C15H20BrNO2. The minimum absolute atomic E-state index is 0.0354. The molecule has 0 bridgehead atoms. The molecule has 1 aliphatic carbocycles. The van der Waals surface area contributed by atoms with Crippen LogP contribution in [-0.2, 0) is 10.2 Å². The Hall–Kier alpha value is -0.870. The van der Waals surface area contributed by atoms with Crippen molar-refractivity contribution in [3.05, 3.63) is 34.3 Å². The Bertz CT molecular complexity index is 462. The summed E-state index contributed by atoms with van der Waals surface area (Å²) < 4.78 is 1.02. The Labute approximate surface area is 122 Å². The highest BCUT2D eigenvalue weighted by Crippen LogP contribution is 2.48. The van der Waals surface area contributed by atoms with Crippen LogP contribution in [0.2, 0.25) is 0 Å². The van der Waals surface area contributed by atoms with Gasteiger partial charge in [0.1, 0.15) is 0 Å². The van der Waals surface area contributed by atoms with Gasteiger partial charge in [-0.05, 0) is 43.9 Å². The lowest BCUT2D eigenvalue weighted by molar-refractivity contribution is -0.126. The number of benzene rings is 1. The van der Waals surface area contributed by atoms with Crippen LogP contribution in [0.25, 0.3) is 0 Å². The highest BCUT2D eigenvalue weighted by molar-refractivity contribution is 9.10. The van der Waals surface area contributed by atoms with Gasteiger partial charge in [-0.15, -0.1) is 0 Å². The van der Waals surface area contributed by atoms with Crippen LogP contribution >= 0.6 is 15.9 Å². The molecule has 19 heavy (non-hydrogen) atoms. The lowest BCUT2D eigenvalue weighted by Crippen LogP contribution is -2.51. The largest absolute Gasteiger partial charge is 0.394 e. The second-order valence-electron chi connectivity index (χ2n) is 5.62. The van der Waals surface area contributed by atoms with E-state index in [4.69, 9.17) is 0 Å². The van der Waals surface area contributed by atoms with Gasteiger partial charge in [-0.2, -0.15) is 0 Å². The van der Waals surface area contributed by atoms with Crippen molar-refractivity contribution in [3.8, 4) is 0 Å². The predicted molar refractivity (Wildman–Crippen MR) is 79.0 cm³/mol. The fourth-order valence-electron chi connectivity index (χ4n) is 2.17. The minimum atomic E-state index is -0.526. The van der Waals surface area contributed by atoms with Gasteiger partial charge < -0.3 is 10.4 Å². The predicted octanol–water partition coefficient (Wildman–Crippen LogP) is 2.76. The van der Waals surface area contributed by atoms with E-state index in [1.165, 1.54) is 0 Å². The summed E-state index contributed by atoms with van der Waals surface area (Å²) >= 11 is 3.41. The monoisotopic (exact) mass is 325 g/mol. The third-order valence-corrected chi connectivity index (χ3v) is 4.65. The number of carbonyl (C=O) groups excluding carboxylic acids is 1. The molecule has 0 radical (unpaired) electrons. The SMILES string of the molecule is CCC(C)(CO)NC(=O)C1(c2ccc(Br)cc2)CC1. The maximum absolute atomic E-state index is 12.5. The van der Waals surface area contributed by atoms with Crippen LogP contribution in [0.15, 0.2) is 28.7 Å². The average Bonchev–Trinajstić information content (AvgIpc) is 3.21. The first-order valence-electron chi connectivity index (χ1n) is 6.65. The number of hydrogen-bond acceptors (Lipinski definition) is 2. The van der Waals surface area contributed by atoms with Crippen LogP contribution in [0.5, 0.6) is 0 Å². The van der Waals surface area contributed by atoms with Crippen molar-refractivity contribution in [3.63, 3.8) is 0 Å². The van der Waals surface area contributed by atoms with E-state index in [-0.39, 0.29) is 17.9 Å². The summed E-state index contributed by atoms with van der Waals surface area (Å²) in [4.78, 5) is 12.5. The number of amides is 1. The van der Waals surface area contributed by atoms with Crippen molar-refractivity contribution in [1.82, 2.24) is 5.32 Å². The van der Waals surface area contributed by atoms with Crippen molar-refractivity contribution in [2.24, 2.45) is 0 Å². The van der Waals surface area contributed by atoms with Crippen molar-refractivity contribution in [2.75, 3.05) is 6.61 Å². The average molecular weight is 326 g/mol. The molecule has 104 valence electrons. The molecule has 2 N–H and O–H groups in total. The summed E-state index contributed by atoms with van der Waals surface area (Å²) in [7, 11) is 0. The summed E-state index contributed by atoms with van der Waals surface area (Å²) in [6.45, 7) is 3.81. The molecule has 1 amide bonds. The van der Waals surface area contributed by atoms with Gasteiger partial charge in [0.05, 0.1) is 17.6 Å². The first kappa shape index (κ1) is 14.5. The topological polar surface area (TPSA) is 49.3 Å². The molecule has 0 spiro atoms.